The Labute approximate surface area is 310 Å². The van der Waals surface area contributed by atoms with Crippen molar-refractivity contribution in [2.45, 2.75) is 84.0 Å². The van der Waals surface area contributed by atoms with Crippen LogP contribution >= 0.6 is 0 Å². The van der Waals surface area contributed by atoms with Crippen LogP contribution < -0.4 is 19.9 Å². The third-order valence-corrected chi connectivity index (χ3v) is 9.59. The number of urea groups is 1. The maximum Gasteiger partial charge on any atom is 0.416 e. The fourth-order valence-electron chi connectivity index (χ4n) is 6.99. The van der Waals surface area contributed by atoms with Crippen LogP contribution in [0.5, 0.6) is 5.75 Å². The van der Waals surface area contributed by atoms with Crippen LogP contribution in [-0.2, 0) is 34.3 Å². The van der Waals surface area contributed by atoms with Gasteiger partial charge in [0.05, 0.1) is 19.7 Å². The molecular formula is C40H49N7O6. The number of likely N-dealkylation sites (N-methyl/N-ethyl adjacent to an activating group) is 1. The number of methoxy groups -OCH3 is 1. The fourth-order valence-corrected chi connectivity index (χ4v) is 6.99. The van der Waals surface area contributed by atoms with E-state index in [1.54, 1.807) is 36.0 Å². The molecule has 6 rings (SSSR count). The topological polar surface area (TPSA) is 135 Å². The molecule has 2 aromatic carbocycles. The molecule has 0 radical (unpaired) electrons. The second kappa shape index (κ2) is 15.3. The fraction of sp³-hybridized carbons (Fsp3) is 0.425. The van der Waals surface area contributed by atoms with Crippen molar-refractivity contribution >= 4 is 29.8 Å². The molecule has 2 aliphatic rings. The number of rotatable bonds is 11. The van der Waals surface area contributed by atoms with E-state index < -0.39 is 29.9 Å². The molecule has 0 bridgehead atoms. The van der Waals surface area contributed by atoms with E-state index in [-0.39, 0.29) is 30.6 Å². The summed E-state index contributed by atoms with van der Waals surface area (Å²) in [5.74, 6) is 0.900. The molecule has 0 saturated carbocycles. The Kier molecular flexibility index (Phi) is 10.8. The predicted octanol–water partition coefficient (Wildman–Crippen LogP) is 6.17. The van der Waals surface area contributed by atoms with E-state index in [9.17, 15) is 14.4 Å². The SMILES string of the molecule is CC[C@@H](NC(=O)N1C2OC2[C@H](Cc2cc(C)nc(N(Cc3ccc(OC)cc3)C(=O)OC(C)(C)C)c2)[C@H]1C(=O)N(C)c1nccn1C)c1ccccc1. The molecule has 1 N–H and O–H groups in total. The van der Waals surface area contributed by atoms with Crippen molar-refractivity contribution in [1.82, 2.24) is 24.8 Å². The molecule has 2 fully saturated rings. The number of aryl methyl sites for hydroxylation is 2. The van der Waals surface area contributed by atoms with E-state index in [4.69, 9.17) is 19.2 Å². The van der Waals surface area contributed by atoms with Crippen molar-refractivity contribution in [2.24, 2.45) is 13.0 Å². The maximum atomic E-state index is 14.5. The Balaban J connectivity index is 1.33. The van der Waals surface area contributed by atoms with Gasteiger partial charge >= 0.3 is 12.1 Å². The Morgan fingerprint density at radius 1 is 1.04 bits per heavy atom. The van der Waals surface area contributed by atoms with E-state index >= 15 is 0 Å². The van der Waals surface area contributed by atoms with Gasteiger partial charge in [0.1, 0.15) is 29.3 Å². The molecule has 0 aliphatic carbocycles. The summed E-state index contributed by atoms with van der Waals surface area (Å²) in [6.45, 7) is 9.54. The minimum Gasteiger partial charge on any atom is -0.497 e. The third-order valence-electron chi connectivity index (χ3n) is 9.59. The third kappa shape index (κ3) is 8.30. The van der Waals surface area contributed by atoms with Crippen LogP contribution in [0, 0.1) is 12.8 Å². The first-order valence-electron chi connectivity index (χ1n) is 17.9. The highest BCUT2D eigenvalue weighted by molar-refractivity contribution is 5.98. The molecule has 2 aromatic heterocycles. The smallest absolute Gasteiger partial charge is 0.416 e. The van der Waals surface area contributed by atoms with E-state index in [0.717, 1.165) is 16.7 Å². The molecule has 2 unspecified atom stereocenters. The number of epoxide rings is 1. The first-order chi connectivity index (χ1) is 25.3. The van der Waals surface area contributed by atoms with E-state index in [1.807, 2.05) is 108 Å². The normalized spacial score (nSPS) is 19.6. The monoisotopic (exact) mass is 723 g/mol. The van der Waals surface area contributed by atoms with E-state index in [0.29, 0.717) is 36.1 Å². The zero-order valence-corrected chi connectivity index (χ0v) is 31.6. The average molecular weight is 724 g/mol. The second-order valence-electron chi connectivity index (χ2n) is 14.7. The van der Waals surface area contributed by atoms with Crippen molar-refractivity contribution in [3.63, 3.8) is 0 Å². The summed E-state index contributed by atoms with van der Waals surface area (Å²) in [5, 5.41) is 3.17. The van der Waals surface area contributed by atoms with Crippen molar-refractivity contribution < 1.29 is 28.6 Å². The lowest BCUT2D eigenvalue weighted by atomic mass is 9.90. The summed E-state index contributed by atoms with van der Waals surface area (Å²) in [4.78, 5) is 56.2. The highest BCUT2D eigenvalue weighted by Gasteiger charge is 2.65. The lowest BCUT2D eigenvalue weighted by Crippen LogP contribution is -2.55. The minimum atomic E-state index is -0.855. The summed E-state index contributed by atoms with van der Waals surface area (Å²) in [7, 11) is 5.10. The molecule has 280 valence electrons. The number of pyridine rings is 1. The molecule has 0 spiro atoms. The van der Waals surface area contributed by atoms with Gasteiger partial charge in [0.15, 0.2) is 6.23 Å². The highest BCUT2D eigenvalue weighted by Crippen LogP contribution is 2.47. The number of nitrogens with one attached hydrogen (secondary N) is 1. The van der Waals surface area contributed by atoms with Gasteiger partial charge in [0.25, 0.3) is 5.91 Å². The number of aromatic nitrogens is 3. The number of hydrogen-bond acceptors (Lipinski definition) is 8. The van der Waals surface area contributed by atoms with E-state index in [2.05, 4.69) is 10.3 Å². The Bertz CT molecular complexity index is 1930. The van der Waals surface area contributed by atoms with Gasteiger partial charge in [-0.05, 0) is 81.5 Å². The van der Waals surface area contributed by atoms with Crippen molar-refractivity contribution in [3.8, 4) is 5.75 Å². The standard InChI is InChI=1S/C40H49N7O6/c1-9-31(28-13-11-10-12-14-28)43-38(49)47-33(35(48)45(7)37-41-19-20-44(37)6)30(34-36(47)52-34)22-27-21-25(2)42-32(23-27)46(39(50)53-40(3,4)5)24-26-15-17-29(51-8)18-16-26/h10-21,23,30-31,33-34,36H,9,22,24H2,1-8H3,(H,43,49)/t30-,31-,33+,34?,36?/m1/s1. The molecule has 2 aliphatic heterocycles. The zero-order valence-electron chi connectivity index (χ0n) is 31.6. The average Bonchev–Trinajstić information content (AvgIpc) is 3.68. The molecule has 4 amide bonds. The predicted molar refractivity (Wildman–Crippen MR) is 200 cm³/mol. The second-order valence-corrected chi connectivity index (χ2v) is 14.7. The number of nitrogens with zero attached hydrogens (tertiary/aromatic N) is 6. The van der Waals surface area contributed by atoms with Crippen molar-refractivity contribution in [3.05, 3.63) is 102 Å². The Hall–Kier alpha value is -5.43. The van der Waals surface area contributed by atoms with Gasteiger partial charge < -0.3 is 24.1 Å². The number of imidazole rings is 1. The van der Waals surface area contributed by atoms with Crippen LogP contribution in [0.4, 0.5) is 21.4 Å². The van der Waals surface area contributed by atoms with Gasteiger partial charge in [-0.1, -0.05) is 49.4 Å². The van der Waals surface area contributed by atoms with Gasteiger partial charge in [-0.2, -0.15) is 0 Å². The number of ether oxygens (including phenoxy) is 3. The van der Waals surface area contributed by atoms with Gasteiger partial charge in [0.2, 0.25) is 5.95 Å². The first kappa shape index (κ1) is 37.3. The van der Waals surface area contributed by atoms with Gasteiger partial charge in [-0.15, -0.1) is 0 Å². The molecule has 5 atom stereocenters. The van der Waals surface area contributed by atoms with Gasteiger partial charge in [0, 0.05) is 38.1 Å². The lowest BCUT2D eigenvalue weighted by Gasteiger charge is -2.34. The number of amides is 4. The summed E-state index contributed by atoms with van der Waals surface area (Å²) in [6.07, 6.45) is 2.98. The number of carbonyl (C=O) groups is 3. The van der Waals surface area contributed by atoms with Crippen LogP contribution in [0.3, 0.4) is 0 Å². The quantitative estimate of drug-likeness (QED) is 0.182. The summed E-state index contributed by atoms with van der Waals surface area (Å²) >= 11 is 0. The molecule has 4 heterocycles. The molecule has 13 heteroatoms. The largest absolute Gasteiger partial charge is 0.497 e. The number of fused-ring (bicyclic) bond motifs is 1. The highest BCUT2D eigenvalue weighted by atomic mass is 16.6. The number of likely N-dealkylation sites (tertiary alicyclic amines) is 1. The van der Waals surface area contributed by atoms with Gasteiger partial charge in [-0.3, -0.25) is 19.5 Å². The molecule has 13 nitrogen and oxygen atoms in total. The molecular weight excluding hydrogens is 674 g/mol. The summed E-state index contributed by atoms with van der Waals surface area (Å²) in [5.41, 5.74) is 2.62. The van der Waals surface area contributed by atoms with E-state index in [1.165, 1.54) is 9.80 Å². The van der Waals surface area contributed by atoms with Crippen LogP contribution in [0.15, 0.2) is 79.1 Å². The van der Waals surface area contributed by atoms with Crippen LogP contribution in [0.2, 0.25) is 0 Å². The molecule has 4 aromatic rings. The zero-order chi connectivity index (χ0) is 38.0. The Morgan fingerprint density at radius 2 is 1.75 bits per heavy atom. The lowest BCUT2D eigenvalue weighted by molar-refractivity contribution is -0.125. The molecule has 2 saturated heterocycles. The maximum absolute atomic E-state index is 14.5. The van der Waals surface area contributed by atoms with Crippen LogP contribution in [-0.4, -0.2) is 75.6 Å². The first-order valence-corrected chi connectivity index (χ1v) is 17.9. The number of anilines is 2. The van der Waals surface area contributed by atoms with Crippen molar-refractivity contribution in [1.29, 1.82) is 0 Å². The summed E-state index contributed by atoms with van der Waals surface area (Å²) < 4.78 is 19.1. The minimum absolute atomic E-state index is 0.204. The molecule has 53 heavy (non-hydrogen) atoms. The van der Waals surface area contributed by atoms with Gasteiger partial charge in [-0.25, -0.2) is 19.6 Å². The van der Waals surface area contributed by atoms with Crippen LogP contribution in [0.25, 0.3) is 0 Å². The number of benzene rings is 2. The number of carbonyl (C=O) groups excluding carboxylic acids is 3. The number of hydrogen-bond donors (Lipinski definition) is 1. The van der Waals surface area contributed by atoms with Crippen LogP contribution in [0.1, 0.15) is 62.5 Å². The Morgan fingerprint density at radius 3 is 2.38 bits per heavy atom. The summed E-state index contributed by atoms with van der Waals surface area (Å²) in [6, 6.07) is 19.6. The van der Waals surface area contributed by atoms with Crippen molar-refractivity contribution in [2.75, 3.05) is 24.0 Å².